The molecule has 4 rings (SSSR count). The smallest absolute Gasteiger partial charge is 0.270 e. The minimum absolute atomic E-state index is 0.0360. The molecule has 3 aromatic rings. The van der Waals surface area contributed by atoms with Crippen molar-refractivity contribution in [2.75, 3.05) is 11.5 Å². The number of thiocarbonyl (C=S) groups is 1. The molecule has 2 amide bonds. The number of hydrogen-bond donors (Lipinski definition) is 2. The van der Waals surface area contributed by atoms with Gasteiger partial charge < -0.3 is 14.6 Å². The molecule has 1 aliphatic heterocycles. The molecule has 166 valence electrons. The molecule has 0 aliphatic carbocycles. The van der Waals surface area contributed by atoms with Crippen LogP contribution < -0.4 is 19.7 Å². The van der Waals surface area contributed by atoms with E-state index in [-0.39, 0.29) is 27.7 Å². The molecule has 0 aromatic heterocycles. The number of carbonyl (C=O) groups excluding carboxylic acids is 2. The third kappa shape index (κ3) is 4.70. The van der Waals surface area contributed by atoms with Crippen molar-refractivity contribution in [3.63, 3.8) is 0 Å². The average Bonchev–Trinajstić information content (AvgIpc) is 2.81. The number of benzene rings is 3. The van der Waals surface area contributed by atoms with Gasteiger partial charge in [-0.25, -0.2) is 0 Å². The van der Waals surface area contributed by atoms with Gasteiger partial charge in [-0.3, -0.25) is 19.8 Å². The Kier molecular flexibility index (Phi) is 6.37. The molecule has 1 aliphatic rings. The molecule has 0 spiro atoms. The van der Waals surface area contributed by atoms with Crippen molar-refractivity contribution in [1.82, 2.24) is 5.32 Å². The maximum atomic E-state index is 13.2. The number of ether oxygens (including phenoxy) is 2. The largest absolute Gasteiger partial charge is 0.504 e. The van der Waals surface area contributed by atoms with Crippen molar-refractivity contribution in [2.45, 2.75) is 6.92 Å². The fraction of sp³-hybridized carbons (Fsp3) is 0.0800. The molecular weight excluding hydrogens is 440 g/mol. The van der Waals surface area contributed by atoms with Crippen LogP contribution in [0.1, 0.15) is 12.5 Å². The zero-order chi connectivity index (χ0) is 23.4. The molecular formula is C25H20N2O5S. The number of hydrogen-bond acceptors (Lipinski definition) is 6. The number of carbonyl (C=O) groups is 2. The number of nitrogens with zero attached hydrogens (tertiary/aromatic N) is 1. The van der Waals surface area contributed by atoms with Crippen molar-refractivity contribution >= 4 is 40.9 Å². The van der Waals surface area contributed by atoms with Gasteiger partial charge in [-0.2, -0.15) is 0 Å². The molecule has 0 atom stereocenters. The Bertz CT molecular complexity index is 1240. The van der Waals surface area contributed by atoms with Gasteiger partial charge in [0.15, 0.2) is 16.6 Å². The Morgan fingerprint density at radius 2 is 1.67 bits per heavy atom. The monoisotopic (exact) mass is 460 g/mol. The molecule has 2 N–H and O–H groups in total. The van der Waals surface area contributed by atoms with E-state index < -0.39 is 11.8 Å². The first-order valence-electron chi connectivity index (χ1n) is 10.2. The molecule has 33 heavy (non-hydrogen) atoms. The van der Waals surface area contributed by atoms with Crippen LogP contribution in [-0.4, -0.2) is 28.6 Å². The molecule has 3 aromatic carbocycles. The van der Waals surface area contributed by atoms with Crippen LogP contribution in [0.3, 0.4) is 0 Å². The Balaban J connectivity index is 1.62. The lowest BCUT2D eigenvalue weighted by Crippen LogP contribution is -2.54. The molecule has 1 heterocycles. The van der Waals surface area contributed by atoms with Crippen molar-refractivity contribution in [1.29, 1.82) is 0 Å². The molecule has 0 unspecified atom stereocenters. The summed E-state index contributed by atoms with van der Waals surface area (Å²) in [4.78, 5) is 27.0. The highest BCUT2D eigenvalue weighted by atomic mass is 32.1. The van der Waals surface area contributed by atoms with Crippen LogP contribution in [0.2, 0.25) is 0 Å². The summed E-state index contributed by atoms with van der Waals surface area (Å²) in [5, 5.41) is 12.9. The Labute approximate surface area is 195 Å². The molecule has 8 heteroatoms. The zero-order valence-corrected chi connectivity index (χ0v) is 18.5. The predicted octanol–water partition coefficient (Wildman–Crippen LogP) is 4.41. The maximum absolute atomic E-state index is 13.2. The Morgan fingerprint density at radius 1 is 0.970 bits per heavy atom. The third-order valence-corrected chi connectivity index (χ3v) is 5.09. The molecule has 1 fully saturated rings. The molecule has 0 bridgehead atoms. The molecule has 0 radical (unpaired) electrons. The minimum Gasteiger partial charge on any atom is -0.504 e. The standard InChI is InChI=1S/C25H20N2O5S/c1-2-31-21-10-6-7-16(22(21)28)15-20-23(29)26-25(33)27(24(20)30)17-11-13-19(14-12-17)32-18-8-4-3-5-9-18/h3-15,28H,2H2,1H3,(H,26,29,33)/b20-15+. The predicted molar refractivity (Wildman–Crippen MR) is 128 cm³/mol. The van der Waals surface area contributed by atoms with Gasteiger partial charge in [0, 0.05) is 5.56 Å². The summed E-state index contributed by atoms with van der Waals surface area (Å²) in [5.41, 5.74) is 0.569. The highest BCUT2D eigenvalue weighted by molar-refractivity contribution is 7.80. The number of amides is 2. The first-order chi connectivity index (χ1) is 16.0. The van der Waals surface area contributed by atoms with Crippen molar-refractivity contribution < 1.29 is 24.2 Å². The Hall–Kier alpha value is -4.17. The third-order valence-electron chi connectivity index (χ3n) is 4.81. The van der Waals surface area contributed by atoms with E-state index in [0.29, 0.717) is 23.8 Å². The van der Waals surface area contributed by atoms with Crippen LogP contribution in [-0.2, 0) is 9.59 Å². The average molecular weight is 461 g/mol. The van der Waals surface area contributed by atoms with Crippen LogP contribution in [0.5, 0.6) is 23.0 Å². The first-order valence-corrected chi connectivity index (χ1v) is 10.6. The lowest BCUT2D eigenvalue weighted by Gasteiger charge is -2.29. The van der Waals surface area contributed by atoms with Crippen LogP contribution in [0, 0.1) is 0 Å². The van der Waals surface area contributed by atoms with Gasteiger partial charge in [-0.15, -0.1) is 0 Å². The second kappa shape index (κ2) is 9.54. The summed E-state index contributed by atoms with van der Waals surface area (Å²) in [6, 6.07) is 20.9. The van der Waals surface area contributed by atoms with E-state index in [2.05, 4.69) is 5.32 Å². The van der Waals surface area contributed by atoms with Gasteiger partial charge in [-0.05, 0) is 67.7 Å². The first kappa shape index (κ1) is 22.0. The summed E-state index contributed by atoms with van der Waals surface area (Å²) < 4.78 is 11.2. The summed E-state index contributed by atoms with van der Waals surface area (Å²) in [5.74, 6) is 0.110. The van der Waals surface area contributed by atoms with E-state index in [1.165, 1.54) is 11.0 Å². The quantitative estimate of drug-likeness (QED) is 0.322. The van der Waals surface area contributed by atoms with Gasteiger partial charge in [0.2, 0.25) is 0 Å². The topological polar surface area (TPSA) is 88.1 Å². The number of anilines is 1. The maximum Gasteiger partial charge on any atom is 0.270 e. The number of phenolic OH excluding ortho intramolecular Hbond substituents is 1. The molecule has 1 saturated heterocycles. The van der Waals surface area contributed by atoms with Gasteiger partial charge in [0.25, 0.3) is 11.8 Å². The van der Waals surface area contributed by atoms with Crippen LogP contribution in [0.15, 0.2) is 78.4 Å². The Morgan fingerprint density at radius 3 is 2.36 bits per heavy atom. The van der Waals surface area contributed by atoms with E-state index >= 15 is 0 Å². The van der Waals surface area contributed by atoms with Crippen LogP contribution in [0.4, 0.5) is 5.69 Å². The van der Waals surface area contributed by atoms with Crippen molar-refractivity contribution in [3.05, 3.63) is 83.9 Å². The molecule has 0 saturated carbocycles. The van der Waals surface area contributed by atoms with E-state index in [9.17, 15) is 14.7 Å². The summed E-state index contributed by atoms with van der Waals surface area (Å²) >= 11 is 5.24. The number of aromatic hydroxyl groups is 1. The van der Waals surface area contributed by atoms with Gasteiger partial charge in [-0.1, -0.05) is 30.3 Å². The van der Waals surface area contributed by atoms with Crippen molar-refractivity contribution in [3.8, 4) is 23.0 Å². The lowest BCUT2D eigenvalue weighted by atomic mass is 10.1. The van der Waals surface area contributed by atoms with Crippen molar-refractivity contribution in [2.24, 2.45) is 0 Å². The fourth-order valence-electron chi connectivity index (χ4n) is 3.26. The SMILES string of the molecule is CCOc1cccc(/C=C2\C(=O)NC(=S)N(c3ccc(Oc4ccccc4)cc3)C2=O)c1O. The summed E-state index contributed by atoms with van der Waals surface area (Å²) in [6.45, 7) is 2.15. The van der Waals surface area contributed by atoms with Crippen LogP contribution >= 0.6 is 12.2 Å². The highest BCUT2D eigenvalue weighted by Gasteiger charge is 2.34. The number of phenols is 1. The van der Waals surface area contributed by atoms with E-state index in [0.717, 1.165) is 0 Å². The van der Waals surface area contributed by atoms with Crippen LogP contribution in [0.25, 0.3) is 6.08 Å². The zero-order valence-electron chi connectivity index (χ0n) is 17.6. The number of rotatable bonds is 6. The van der Waals surface area contributed by atoms with E-state index in [4.69, 9.17) is 21.7 Å². The van der Waals surface area contributed by atoms with Gasteiger partial charge in [0.05, 0.1) is 12.3 Å². The second-order valence-electron chi connectivity index (χ2n) is 6.99. The second-order valence-corrected chi connectivity index (χ2v) is 7.38. The lowest BCUT2D eigenvalue weighted by molar-refractivity contribution is -0.122. The normalized spacial score (nSPS) is 14.9. The van der Waals surface area contributed by atoms with Gasteiger partial charge in [0.1, 0.15) is 17.1 Å². The highest BCUT2D eigenvalue weighted by Crippen LogP contribution is 2.32. The summed E-state index contributed by atoms with van der Waals surface area (Å²) in [6.07, 6.45) is 1.32. The summed E-state index contributed by atoms with van der Waals surface area (Å²) in [7, 11) is 0. The minimum atomic E-state index is -0.647. The van der Waals surface area contributed by atoms with E-state index in [1.807, 2.05) is 30.3 Å². The fourth-order valence-corrected chi connectivity index (χ4v) is 3.54. The molecule has 7 nitrogen and oxygen atoms in total. The number of nitrogens with one attached hydrogen (secondary N) is 1. The number of para-hydroxylation sites is 2. The van der Waals surface area contributed by atoms with Gasteiger partial charge >= 0.3 is 0 Å². The van der Waals surface area contributed by atoms with E-state index in [1.54, 1.807) is 49.4 Å².